The lowest BCUT2D eigenvalue weighted by atomic mass is 10.2. The van der Waals surface area contributed by atoms with Gasteiger partial charge in [-0.15, -0.1) is 5.10 Å². The van der Waals surface area contributed by atoms with Gasteiger partial charge in [0.1, 0.15) is 0 Å². The predicted octanol–water partition coefficient (Wildman–Crippen LogP) is 0.450. The number of carbonyl (C=O) groups excluding carboxylic acids is 1. The highest BCUT2D eigenvalue weighted by atomic mass is 32.2. The number of rotatable bonds is 6. The van der Waals surface area contributed by atoms with E-state index in [-0.39, 0.29) is 18.0 Å². The molecule has 0 fully saturated rings. The van der Waals surface area contributed by atoms with Crippen LogP contribution >= 0.6 is 0 Å². The second-order valence-electron chi connectivity index (χ2n) is 4.37. The Kier molecular flexibility index (Phi) is 5.04. The van der Waals surface area contributed by atoms with Crippen molar-refractivity contribution in [2.45, 2.75) is 39.0 Å². The van der Waals surface area contributed by atoms with E-state index in [1.165, 1.54) is 11.8 Å². The molecule has 0 unspecified atom stereocenters. The van der Waals surface area contributed by atoms with E-state index in [2.05, 4.69) is 15.0 Å². The normalized spacial score (nSPS) is 11.8. The zero-order valence-electron chi connectivity index (χ0n) is 11.6. The Labute approximate surface area is 112 Å². The number of ether oxygens (including phenoxy) is 1. The molecule has 108 valence electrons. The first-order valence-corrected chi connectivity index (χ1v) is 7.77. The molecule has 0 spiro atoms. The van der Waals surface area contributed by atoms with Gasteiger partial charge >= 0.3 is 5.97 Å². The van der Waals surface area contributed by atoms with E-state index in [0.717, 1.165) is 0 Å². The van der Waals surface area contributed by atoms with Crippen LogP contribution in [0.25, 0.3) is 0 Å². The molecule has 0 aliphatic heterocycles. The number of aromatic nitrogens is 3. The molecule has 0 saturated heterocycles. The molecule has 1 rings (SSSR count). The van der Waals surface area contributed by atoms with Gasteiger partial charge in [0, 0.05) is 0 Å². The molecular weight excluding hydrogens is 270 g/mol. The van der Waals surface area contributed by atoms with Crippen molar-refractivity contribution in [1.82, 2.24) is 15.0 Å². The Hall–Kier alpha value is -1.44. The molecule has 1 aromatic rings. The fourth-order valence-corrected chi connectivity index (χ4v) is 2.47. The number of nitrogens with zero attached hydrogens (tertiary/aromatic N) is 3. The summed E-state index contributed by atoms with van der Waals surface area (Å²) < 4.78 is 29.5. The average molecular weight is 289 g/mol. The minimum absolute atomic E-state index is 0.0262. The molecule has 1 aromatic heterocycles. The molecular formula is C11H19N3O4S. The van der Waals surface area contributed by atoms with Crippen molar-refractivity contribution in [3.63, 3.8) is 0 Å². The van der Waals surface area contributed by atoms with E-state index in [0.29, 0.717) is 12.1 Å². The third kappa shape index (κ3) is 3.52. The van der Waals surface area contributed by atoms with Gasteiger partial charge in [-0.05, 0) is 20.3 Å². The fourth-order valence-electron chi connectivity index (χ4n) is 1.57. The van der Waals surface area contributed by atoms with Gasteiger partial charge in [0.2, 0.25) is 0 Å². The number of hydrogen-bond donors (Lipinski definition) is 0. The smallest absolute Gasteiger partial charge is 0.360 e. The quantitative estimate of drug-likeness (QED) is 0.706. The van der Waals surface area contributed by atoms with E-state index >= 15 is 0 Å². The molecule has 0 atom stereocenters. The molecule has 1 heterocycles. The van der Waals surface area contributed by atoms with Crippen molar-refractivity contribution in [3.8, 4) is 0 Å². The zero-order valence-corrected chi connectivity index (χ0v) is 12.4. The monoisotopic (exact) mass is 289 g/mol. The Bertz CT molecular complexity index is 548. The Morgan fingerprint density at radius 2 is 2.05 bits per heavy atom. The Morgan fingerprint density at radius 1 is 1.42 bits per heavy atom. The maximum atomic E-state index is 11.7. The molecule has 0 saturated carbocycles. The molecule has 19 heavy (non-hydrogen) atoms. The third-order valence-corrected chi connectivity index (χ3v) is 5.05. The van der Waals surface area contributed by atoms with Gasteiger partial charge in [-0.1, -0.05) is 12.1 Å². The molecule has 0 radical (unpaired) electrons. The summed E-state index contributed by atoms with van der Waals surface area (Å²) in [4.78, 5) is 11.5. The first kappa shape index (κ1) is 15.6. The zero-order chi connectivity index (χ0) is 14.6. The van der Waals surface area contributed by atoms with E-state index in [1.54, 1.807) is 13.8 Å². The molecule has 0 aromatic carbocycles. The lowest BCUT2D eigenvalue weighted by Crippen LogP contribution is -2.22. The highest BCUT2D eigenvalue weighted by Crippen LogP contribution is 2.09. The SMILES string of the molecule is CCc1c(C(=O)OC)nnn1CCS(=O)(=O)C(C)C. The number of esters is 1. The van der Waals surface area contributed by atoms with Gasteiger partial charge in [-0.25, -0.2) is 17.9 Å². The molecule has 0 amide bonds. The van der Waals surface area contributed by atoms with Crippen LogP contribution in [-0.4, -0.2) is 47.5 Å². The van der Waals surface area contributed by atoms with Crippen LogP contribution in [0.2, 0.25) is 0 Å². The summed E-state index contributed by atoms with van der Waals surface area (Å²) in [6.07, 6.45) is 0.527. The summed E-state index contributed by atoms with van der Waals surface area (Å²) in [6, 6.07) is 0. The predicted molar refractivity (Wildman–Crippen MR) is 69.7 cm³/mol. The van der Waals surface area contributed by atoms with E-state index in [1.807, 2.05) is 6.92 Å². The second kappa shape index (κ2) is 6.14. The van der Waals surface area contributed by atoms with Crippen LogP contribution in [0.3, 0.4) is 0 Å². The van der Waals surface area contributed by atoms with Gasteiger partial charge in [0.05, 0.1) is 30.4 Å². The van der Waals surface area contributed by atoms with Gasteiger partial charge in [-0.2, -0.15) is 0 Å². The average Bonchev–Trinajstić information content (AvgIpc) is 2.78. The van der Waals surface area contributed by atoms with Crippen LogP contribution in [-0.2, 0) is 27.5 Å². The van der Waals surface area contributed by atoms with Crippen molar-refractivity contribution in [2.75, 3.05) is 12.9 Å². The summed E-state index contributed by atoms with van der Waals surface area (Å²) >= 11 is 0. The molecule has 7 nitrogen and oxygen atoms in total. The minimum atomic E-state index is -3.14. The van der Waals surface area contributed by atoms with Gasteiger partial charge in [0.25, 0.3) is 0 Å². The molecule has 0 bridgehead atoms. The first-order chi connectivity index (χ1) is 8.83. The molecule has 0 aliphatic carbocycles. The number of carbonyl (C=O) groups is 1. The standard InChI is InChI=1S/C11H19N3O4S/c1-5-9-10(11(15)18-4)12-13-14(9)6-7-19(16,17)8(2)3/h8H,5-7H2,1-4H3. The Morgan fingerprint density at radius 3 is 2.53 bits per heavy atom. The number of aryl methyl sites for hydroxylation is 1. The summed E-state index contributed by atoms with van der Waals surface area (Å²) in [5.41, 5.74) is 0.734. The minimum Gasteiger partial charge on any atom is -0.464 e. The van der Waals surface area contributed by atoms with Crippen LogP contribution in [0.1, 0.15) is 37.0 Å². The van der Waals surface area contributed by atoms with Crippen LogP contribution in [0.4, 0.5) is 0 Å². The number of sulfone groups is 1. The highest BCUT2D eigenvalue weighted by molar-refractivity contribution is 7.91. The summed E-state index contributed by atoms with van der Waals surface area (Å²) in [5, 5.41) is 7.14. The first-order valence-electron chi connectivity index (χ1n) is 6.05. The fraction of sp³-hybridized carbons (Fsp3) is 0.727. The van der Waals surface area contributed by atoms with Crippen molar-refractivity contribution in [3.05, 3.63) is 11.4 Å². The summed E-state index contributed by atoms with van der Waals surface area (Å²) in [6.45, 7) is 5.31. The van der Waals surface area contributed by atoms with E-state index < -0.39 is 21.1 Å². The van der Waals surface area contributed by atoms with Crippen LogP contribution in [0, 0.1) is 0 Å². The second-order valence-corrected chi connectivity index (χ2v) is 7.05. The van der Waals surface area contributed by atoms with Crippen molar-refractivity contribution in [2.24, 2.45) is 0 Å². The van der Waals surface area contributed by atoms with Crippen LogP contribution in [0.15, 0.2) is 0 Å². The van der Waals surface area contributed by atoms with E-state index in [9.17, 15) is 13.2 Å². The number of hydrogen-bond acceptors (Lipinski definition) is 6. The summed E-state index contributed by atoms with van der Waals surface area (Å²) in [7, 11) is -1.87. The summed E-state index contributed by atoms with van der Waals surface area (Å²) in [5.74, 6) is -0.587. The van der Waals surface area contributed by atoms with Gasteiger partial charge < -0.3 is 4.74 Å². The largest absolute Gasteiger partial charge is 0.464 e. The van der Waals surface area contributed by atoms with Crippen molar-refractivity contribution in [1.29, 1.82) is 0 Å². The van der Waals surface area contributed by atoms with Crippen molar-refractivity contribution < 1.29 is 17.9 Å². The third-order valence-electron chi connectivity index (χ3n) is 2.86. The number of methoxy groups -OCH3 is 1. The molecule has 0 aliphatic rings. The Balaban J connectivity index is 2.92. The molecule has 0 N–H and O–H groups in total. The van der Waals surface area contributed by atoms with Crippen LogP contribution in [0.5, 0.6) is 0 Å². The maximum absolute atomic E-state index is 11.7. The van der Waals surface area contributed by atoms with Crippen LogP contribution < -0.4 is 0 Å². The van der Waals surface area contributed by atoms with Crippen molar-refractivity contribution >= 4 is 15.8 Å². The maximum Gasteiger partial charge on any atom is 0.360 e. The lowest BCUT2D eigenvalue weighted by Gasteiger charge is -2.09. The van der Waals surface area contributed by atoms with Gasteiger partial charge in [0.15, 0.2) is 15.5 Å². The van der Waals surface area contributed by atoms with Gasteiger partial charge in [-0.3, -0.25) is 0 Å². The highest BCUT2D eigenvalue weighted by Gasteiger charge is 2.21. The van der Waals surface area contributed by atoms with E-state index in [4.69, 9.17) is 0 Å². The lowest BCUT2D eigenvalue weighted by molar-refractivity contribution is 0.0592. The molecule has 8 heteroatoms. The topological polar surface area (TPSA) is 91.2 Å².